The lowest BCUT2D eigenvalue weighted by atomic mass is 9.90. The first kappa shape index (κ1) is 41.4. The molecule has 8 N–H and O–H groups in total. The average molecular weight is 785 g/mol. The Morgan fingerprint density at radius 1 is 0.500 bits per heavy atom. The van der Waals surface area contributed by atoms with Crippen LogP contribution in [0.5, 0.6) is 0 Å². The third kappa shape index (κ3) is 10.2. The number of fused-ring (bicyclic) bond motifs is 2. The minimum absolute atomic E-state index is 0.132. The summed E-state index contributed by atoms with van der Waals surface area (Å²) < 4.78 is 0. The Morgan fingerprint density at radius 2 is 0.845 bits per heavy atom. The highest BCUT2D eigenvalue weighted by Gasteiger charge is 2.38. The molecule has 58 heavy (non-hydrogen) atoms. The van der Waals surface area contributed by atoms with Gasteiger partial charge in [0.15, 0.2) is 0 Å². The van der Waals surface area contributed by atoms with E-state index in [1.54, 1.807) is 39.8 Å². The first-order chi connectivity index (χ1) is 27.9. The smallest absolute Gasteiger partial charge is 0.268 e. The molecule has 4 amide bonds. The number of aliphatic hydroxyl groups excluding tert-OH is 2. The standard InChI is InChI=1S/C46H52N6O6/c1-27(2)39(51-43(55)37-25-31-19-11-13-21-33(31)47-37)45(57)49-35(23-29-15-7-5-8-16-29)41(53)42(54)36(24-30-17-9-6-10-18-30)50-46(58)40(28(3)4)52-44(56)38-26-32-20-12-14-22-34(32)48-38/h5-22,25-28,35-36,39-42,47-48,53-54H,23-24H2,1-4H3,(H,49,57)(H,50,58)(H,51,55)(H,52,56)/t35-,36-,39-,40-,41-,42+/m0/s1. The van der Waals surface area contributed by atoms with E-state index >= 15 is 0 Å². The molecule has 0 radical (unpaired) electrons. The van der Waals surface area contributed by atoms with Crippen molar-refractivity contribution in [2.45, 2.75) is 76.9 Å². The molecule has 6 rings (SSSR count). The highest BCUT2D eigenvalue weighted by Crippen LogP contribution is 2.19. The first-order valence-electron chi connectivity index (χ1n) is 19.7. The third-order valence-corrected chi connectivity index (χ3v) is 10.4. The molecular formula is C46H52N6O6. The molecule has 4 aromatic carbocycles. The van der Waals surface area contributed by atoms with Gasteiger partial charge in [-0.2, -0.15) is 0 Å². The van der Waals surface area contributed by atoms with Gasteiger partial charge >= 0.3 is 0 Å². The van der Waals surface area contributed by atoms with Crippen molar-refractivity contribution in [1.29, 1.82) is 0 Å². The fraction of sp³-hybridized carbons (Fsp3) is 0.304. The lowest BCUT2D eigenvalue weighted by Gasteiger charge is -2.35. The molecule has 6 atom stereocenters. The molecule has 0 aliphatic rings. The minimum atomic E-state index is -1.59. The summed E-state index contributed by atoms with van der Waals surface area (Å²) in [6.45, 7) is 7.23. The van der Waals surface area contributed by atoms with Crippen molar-refractivity contribution in [3.63, 3.8) is 0 Å². The van der Waals surface area contributed by atoms with Gasteiger partial charge < -0.3 is 41.4 Å². The quantitative estimate of drug-likeness (QED) is 0.0640. The second-order valence-corrected chi connectivity index (χ2v) is 15.5. The van der Waals surface area contributed by atoms with E-state index in [0.29, 0.717) is 11.4 Å². The van der Waals surface area contributed by atoms with Crippen LogP contribution in [0.3, 0.4) is 0 Å². The molecule has 0 unspecified atom stereocenters. The van der Waals surface area contributed by atoms with Crippen molar-refractivity contribution in [3.8, 4) is 0 Å². The Kier molecular flexibility index (Phi) is 13.4. The van der Waals surface area contributed by atoms with Crippen LogP contribution < -0.4 is 21.3 Å². The van der Waals surface area contributed by atoms with E-state index in [0.717, 1.165) is 32.9 Å². The maximum Gasteiger partial charge on any atom is 0.268 e. The molecule has 0 spiro atoms. The highest BCUT2D eigenvalue weighted by atomic mass is 16.3. The number of aliphatic hydroxyl groups is 2. The SMILES string of the molecule is CC(C)[C@H](NC(=O)c1cc2ccccc2[nH]1)C(=O)N[C@@H](Cc1ccccc1)[C@H](O)[C@H](O)[C@H](Cc1ccccc1)NC(=O)[C@@H](NC(=O)c1cc2ccccc2[nH]1)C(C)C. The Hall–Kier alpha value is -6.24. The number of para-hydroxylation sites is 2. The Balaban J connectivity index is 1.23. The van der Waals surface area contributed by atoms with Gasteiger partial charge in [0.05, 0.1) is 12.1 Å². The zero-order chi connectivity index (χ0) is 41.3. The van der Waals surface area contributed by atoms with Gasteiger partial charge in [-0.05, 0) is 60.1 Å². The van der Waals surface area contributed by atoms with Crippen molar-refractivity contribution in [1.82, 2.24) is 31.2 Å². The van der Waals surface area contributed by atoms with Crippen LogP contribution in [0.1, 0.15) is 59.8 Å². The van der Waals surface area contributed by atoms with E-state index < -0.39 is 60.0 Å². The molecule has 0 fully saturated rings. The summed E-state index contributed by atoms with van der Waals surface area (Å²) in [7, 11) is 0. The first-order valence-corrected chi connectivity index (χ1v) is 19.7. The fourth-order valence-electron chi connectivity index (χ4n) is 7.17. The van der Waals surface area contributed by atoms with E-state index in [1.807, 2.05) is 109 Å². The van der Waals surface area contributed by atoms with Crippen molar-refractivity contribution in [3.05, 3.63) is 144 Å². The highest BCUT2D eigenvalue weighted by molar-refractivity contribution is 6.01. The van der Waals surface area contributed by atoms with Crippen LogP contribution >= 0.6 is 0 Å². The topological polar surface area (TPSA) is 188 Å². The number of benzene rings is 4. The summed E-state index contributed by atoms with van der Waals surface area (Å²) in [5.74, 6) is -2.71. The van der Waals surface area contributed by atoms with Crippen molar-refractivity contribution in [2.75, 3.05) is 0 Å². The van der Waals surface area contributed by atoms with E-state index in [4.69, 9.17) is 0 Å². The summed E-state index contributed by atoms with van der Waals surface area (Å²) in [6.07, 6.45) is -2.91. The van der Waals surface area contributed by atoms with Gasteiger partial charge in [-0.25, -0.2) is 0 Å². The summed E-state index contributed by atoms with van der Waals surface area (Å²) in [6, 6.07) is 32.8. The number of amides is 4. The van der Waals surface area contributed by atoms with Crippen LogP contribution in [0.2, 0.25) is 0 Å². The van der Waals surface area contributed by atoms with E-state index in [9.17, 15) is 29.4 Å². The van der Waals surface area contributed by atoms with Gasteiger partial charge in [0.1, 0.15) is 35.7 Å². The lowest BCUT2D eigenvalue weighted by molar-refractivity contribution is -0.129. The lowest BCUT2D eigenvalue weighted by Crippen LogP contribution is -2.61. The molecule has 2 aromatic heterocycles. The molecule has 302 valence electrons. The largest absolute Gasteiger partial charge is 0.388 e. The number of hydrogen-bond donors (Lipinski definition) is 8. The third-order valence-electron chi connectivity index (χ3n) is 10.4. The summed E-state index contributed by atoms with van der Waals surface area (Å²) in [5.41, 5.74) is 3.73. The monoisotopic (exact) mass is 784 g/mol. The number of rotatable bonds is 17. The molecule has 0 saturated heterocycles. The normalized spacial score (nSPS) is 14.7. The van der Waals surface area contributed by atoms with Gasteiger partial charge in [-0.3, -0.25) is 19.2 Å². The van der Waals surface area contributed by atoms with Crippen LogP contribution in [0, 0.1) is 11.8 Å². The Morgan fingerprint density at radius 3 is 1.19 bits per heavy atom. The molecule has 12 heteroatoms. The summed E-state index contributed by atoms with van der Waals surface area (Å²) in [5, 5.41) is 37.3. The minimum Gasteiger partial charge on any atom is -0.388 e. The van der Waals surface area contributed by atoms with Crippen molar-refractivity contribution < 1.29 is 29.4 Å². The van der Waals surface area contributed by atoms with Crippen molar-refractivity contribution in [2.24, 2.45) is 11.8 Å². The van der Waals surface area contributed by atoms with Crippen LogP contribution in [0.15, 0.2) is 121 Å². The number of carbonyl (C=O) groups is 4. The van der Waals surface area contributed by atoms with Crippen LogP contribution in [0.25, 0.3) is 21.8 Å². The average Bonchev–Trinajstić information content (AvgIpc) is 3.86. The molecule has 6 aromatic rings. The molecule has 0 aliphatic heterocycles. The number of hydrogen-bond acceptors (Lipinski definition) is 6. The van der Waals surface area contributed by atoms with Gasteiger partial charge in [0.2, 0.25) is 11.8 Å². The van der Waals surface area contributed by atoms with Gasteiger partial charge in [0.25, 0.3) is 11.8 Å². The van der Waals surface area contributed by atoms with E-state index in [1.165, 1.54) is 0 Å². The second kappa shape index (κ2) is 18.8. The van der Waals surface area contributed by atoms with Crippen LogP contribution in [0.4, 0.5) is 0 Å². The molecule has 0 bridgehead atoms. The zero-order valence-electron chi connectivity index (χ0n) is 33.1. The number of nitrogens with one attached hydrogen (secondary N) is 6. The second-order valence-electron chi connectivity index (χ2n) is 15.5. The predicted octanol–water partition coefficient (Wildman–Crippen LogP) is 5.04. The molecular weight excluding hydrogens is 733 g/mol. The molecule has 0 aliphatic carbocycles. The summed E-state index contributed by atoms with van der Waals surface area (Å²) in [4.78, 5) is 61.2. The fourth-order valence-corrected chi connectivity index (χ4v) is 7.17. The Bertz CT molecular complexity index is 2090. The number of H-pyrrole nitrogens is 2. The number of aromatic nitrogens is 2. The maximum absolute atomic E-state index is 14.1. The molecule has 0 saturated carbocycles. The Labute approximate surface area is 337 Å². The maximum atomic E-state index is 14.1. The zero-order valence-corrected chi connectivity index (χ0v) is 33.1. The van der Waals surface area contributed by atoms with Gasteiger partial charge in [-0.1, -0.05) is 125 Å². The van der Waals surface area contributed by atoms with E-state index in [-0.39, 0.29) is 24.7 Å². The molecule has 12 nitrogen and oxygen atoms in total. The van der Waals surface area contributed by atoms with Gasteiger partial charge in [-0.15, -0.1) is 0 Å². The van der Waals surface area contributed by atoms with Crippen molar-refractivity contribution >= 4 is 45.4 Å². The van der Waals surface area contributed by atoms with E-state index in [2.05, 4.69) is 31.2 Å². The number of aromatic amines is 2. The number of carbonyl (C=O) groups excluding carboxylic acids is 4. The molecule has 2 heterocycles. The predicted molar refractivity (Wildman–Crippen MR) is 225 cm³/mol. The van der Waals surface area contributed by atoms with Crippen LogP contribution in [-0.4, -0.2) is 80.2 Å². The van der Waals surface area contributed by atoms with Gasteiger partial charge in [0, 0.05) is 21.8 Å². The summed E-state index contributed by atoms with van der Waals surface area (Å²) >= 11 is 0. The van der Waals surface area contributed by atoms with Crippen LogP contribution in [-0.2, 0) is 22.4 Å².